The van der Waals surface area contributed by atoms with E-state index in [-0.39, 0.29) is 45.5 Å². The molecule has 3 aromatic rings. The molecule has 4 heterocycles. The summed E-state index contributed by atoms with van der Waals surface area (Å²) >= 11 is 0. The zero-order valence-electron chi connectivity index (χ0n) is 28.6. The van der Waals surface area contributed by atoms with Gasteiger partial charge in [-0.1, -0.05) is 0 Å². The Morgan fingerprint density at radius 2 is 1.76 bits per heavy atom. The number of nitrogens with zero attached hydrogens (tertiary/aromatic N) is 6. The molecule has 2 aromatic carbocycles. The molecule has 3 aliphatic rings. The van der Waals surface area contributed by atoms with Gasteiger partial charge < -0.3 is 29.3 Å². The number of piperidine rings is 1. The molecule has 0 unspecified atom stereocenters. The fourth-order valence-electron chi connectivity index (χ4n) is 7.05. The number of nitrogens with one attached hydrogen (secondary N) is 1. The van der Waals surface area contributed by atoms with Gasteiger partial charge in [-0.2, -0.15) is 9.57 Å². The summed E-state index contributed by atoms with van der Waals surface area (Å²) in [6.45, 7) is 6.10. The molecule has 264 valence electrons. The minimum atomic E-state index is -4.69. The lowest BCUT2D eigenvalue weighted by atomic mass is 9.83. The second kappa shape index (κ2) is 14.1. The van der Waals surface area contributed by atoms with E-state index in [0.29, 0.717) is 42.3 Å². The highest BCUT2D eigenvalue weighted by molar-refractivity contribution is 7.93. The highest BCUT2D eigenvalue weighted by atomic mass is 32.2. The van der Waals surface area contributed by atoms with E-state index in [2.05, 4.69) is 33.2 Å². The highest BCUT2D eigenvalue weighted by Crippen LogP contribution is 2.50. The Morgan fingerprint density at radius 1 is 1.02 bits per heavy atom. The van der Waals surface area contributed by atoms with Crippen molar-refractivity contribution in [1.82, 2.24) is 25.0 Å². The molecular weight excluding hydrogens is 662 g/mol. The molecule has 3 amide bonds. The molecule has 0 saturated carbocycles. The van der Waals surface area contributed by atoms with Gasteiger partial charge in [-0.05, 0) is 82.4 Å². The van der Waals surface area contributed by atoms with Gasteiger partial charge in [0.2, 0.25) is 5.88 Å². The van der Waals surface area contributed by atoms with Gasteiger partial charge in [0, 0.05) is 50.0 Å². The number of pyridine rings is 1. The Labute approximate surface area is 292 Å². The molecule has 6 rings (SSSR count). The molecular formula is C35H41N7O7S. The number of amides is 3. The van der Waals surface area contributed by atoms with Crippen LogP contribution in [0.2, 0.25) is 0 Å². The minimum Gasteiger partial charge on any atom is -0.497 e. The fourth-order valence-corrected chi connectivity index (χ4v) is 8.66. The van der Waals surface area contributed by atoms with E-state index in [0.717, 1.165) is 25.9 Å². The van der Waals surface area contributed by atoms with Crippen LogP contribution in [0.1, 0.15) is 36.5 Å². The number of ether oxygens (including phenoxy) is 3. The van der Waals surface area contributed by atoms with Gasteiger partial charge in [0.05, 0.1) is 43.7 Å². The number of carbonyl (C=O) groups is 2. The quantitative estimate of drug-likeness (QED) is 0.350. The van der Waals surface area contributed by atoms with Crippen LogP contribution in [0.15, 0.2) is 59.6 Å². The number of sulfonamides is 1. The number of fused-ring (bicyclic) bond motifs is 1. The van der Waals surface area contributed by atoms with Gasteiger partial charge in [-0.3, -0.25) is 9.69 Å². The van der Waals surface area contributed by atoms with Gasteiger partial charge in [-0.25, -0.2) is 18.2 Å². The number of nitriles is 1. The molecule has 3 aliphatic heterocycles. The molecule has 1 aromatic heterocycles. The van der Waals surface area contributed by atoms with Gasteiger partial charge in [0.15, 0.2) is 5.54 Å². The van der Waals surface area contributed by atoms with Crippen molar-refractivity contribution >= 4 is 27.6 Å². The van der Waals surface area contributed by atoms with Crippen LogP contribution in [0.4, 0.5) is 10.5 Å². The maximum absolute atomic E-state index is 15.2. The van der Waals surface area contributed by atoms with E-state index in [4.69, 9.17) is 14.2 Å². The Hall–Kier alpha value is -4.91. The monoisotopic (exact) mass is 703 g/mol. The lowest BCUT2D eigenvalue weighted by Gasteiger charge is -2.43. The first-order valence-electron chi connectivity index (χ1n) is 16.5. The number of urea groups is 1. The van der Waals surface area contributed by atoms with E-state index in [9.17, 15) is 18.5 Å². The number of methoxy groups -OCH3 is 2. The maximum atomic E-state index is 15.2. The highest BCUT2D eigenvalue weighted by Gasteiger charge is 2.59. The lowest BCUT2D eigenvalue weighted by Crippen LogP contribution is -2.61. The zero-order chi connectivity index (χ0) is 35.6. The Bertz CT molecular complexity index is 1920. The molecule has 1 N–H and O–H groups in total. The summed E-state index contributed by atoms with van der Waals surface area (Å²) in [5.41, 5.74) is -1.81. The first kappa shape index (κ1) is 34.9. The van der Waals surface area contributed by atoms with Crippen molar-refractivity contribution in [3.05, 3.63) is 71.4 Å². The smallest absolute Gasteiger partial charge is 0.318 e. The average Bonchev–Trinajstić information content (AvgIpc) is 3.39. The number of benzene rings is 2. The van der Waals surface area contributed by atoms with E-state index in [1.54, 1.807) is 24.0 Å². The summed E-state index contributed by atoms with van der Waals surface area (Å²) in [7, 11) is 0.177. The van der Waals surface area contributed by atoms with E-state index >= 15 is 4.79 Å². The van der Waals surface area contributed by atoms with Crippen LogP contribution in [0.3, 0.4) is 0 Å². The largest absolute Gasteiger partial charge is 0.497 e. The van der Waals surface area contributed by atoms with Crippen molar-refractivity contribution in [3.8, 4) is 23.4 Å². The molecule has 0 spiro atoms. The first-order chi connectivity index (χ1) is 24.1. The number of hydrogen-bond acceptors (Lipinski definition) is 11. The third-order valence-corrected chi connectivity index (χ3v) is 11.4. The van der Waals surface area contributed by atoms with Gasteiger partial charge >= 0.3 is 6.03 Å². The molecule has 1 atom stereocenters. The third kappa shape index (κ3) is 6.08. The van der Waals surface area contributed by atoms with Crippen LogP contribution in [0.25, 0.3) is 0 Å². The van der Waals surface area contributed by atoms with E-state index in [1.807, 2.05) is 0 Å². The predicted octanol–water partition coefficient (Wildman–Crippen LogP) is 2.77. The lowest BCUT2D eigenvalue weighted by molar-refractivity contribution is -0.121. The Kier molecular flexibility index (Phi) is 9.88. The molecule has 0 bridgehead atoms. The van der Waals surface area contributed by atoms with Crippen LogP contribution >= 0.6 is 0 Å². The van der Waals surface area contributed by atoms with Crippen molar-refractivity contribution in [3.63, 3.8) is 0 Å². The number of piperazine rings is 1. The van der Waals surface area contributed by atoms with Crippen molar-refractivity contribution in [2.24, 2.45) is 0 Å². The zero-order valence-corrected chi connectivity index (χ0v) is 29.4. The van der Waals surface area contributed by atoms with Crippen LogP contribution in [-0.4, -0.2) is 113 Å². The number of anilines is 1. The summed E-state index contributed by atoms with van der Waals surface area (Å²) in [6.07, 6.45) is 3.60. The van der Waals surface area contributed by atoms with Gasteiger partial charge in [-0.15, -0.1) is 0 Å². The first-order valence-corrected chi connectivity index (χ1v) is 18.0. The SMILES string of the molecule is CCOc1ncccc1[C@]1(NC(=O)N2CCN(C3CCN(C)CC3)CC2)C(=O)N(S(=O)(=O)c2ccc(OC)cc2OC)c2ccc(C#N)cc21. The van der Waals surface area contributed by atoms with Gasteiger partial charge in [0.25, 0.3) is 15.9 Å². The van der Waals surface area contributed by atoms with E-state index in [1.165, 1.54) is 56.8 Å². The van der Waals surface area contributed by atoms with Crippen LogP contribution in [0.5, 0.6) is 17.4 Å². The number of rotatable bonds is 9. The summed E-state index contributed by atoms with van der Waals surface area (Å²) in [6, 6.07) is 13.5. The second-order valence-electron chi connectivity index (χ2n) is 12.5. The third-order valence-electron chi connectivity index (χ3n) is 9.70. The number of aromatic nitrogens is 1. The summed E-state index contributed by atoms with van der Waals surface area (Å²) in [4.78, 5) is 39.9. The standard InChI is InChI=1S/C35H41N7O7S/c1-5-49-32-27(7-6-14-37-32)35(38-34(44)41-19-17-40(18-20-41)25-12-15-39(2)16-13-25)28-21-24(23-36)8-10-29(28)42(33(35)43)50(45,46)31-11-9-26(47-3)22-30(31)48-4/h6-11,14,21-22,25H,5,12-13,15-20H2,1-4H3,(H,38,44)/t35-/m1/s1. The molecule has 15 heteroatoms. The predicted molar refractivity (Wildman–Crippen MR) is 184 cm³/mol. The number of hydrogen-bond donors (Lipinski definition) is 1. The van der Waals surface area contributed by atoms with Crippen LogP contribution in [-0.2, 0) is 20.4 Å². The summed E-state index contributed by atoms with van der Waals surface area (Å²) in [5, 5.41) is 12.9. The Balaban J connectivity index is 1.45. The maximum Gasteiger partial charge on any atom is 0.318 e. The molecule has 0 aliphatic carbocycles. The molecule has 2 saturated heterocycles. The van der Waals surface area contributed by atoms with Crippen molar-refractivity contribution in [2.75, 3.05) is 71.4 Å². The normalized spacial score (nSPS) is 20.3. The molecule has 0 radical (unpaired) electrons. The van der Waals surface area contributed by atoms with Crippen molar-refractivity contribution in [1.29, 1.82) is 5.26 Å². The molecule has 2 fully saturated rings. The number of likely N-dealkylation sites (tertiary alicyclic amines) is 1. The average molecular weight is 704 g/mol. The van der Waals surface area contributed by atoms with E-state index < -0.39 is 27.5 Å². The summed E-state index contributed by atoms with van der Waals surface area (Å²) in [5.74, 6) is -0.660. The van der Waals surface area contributed by atoms with Crippen LogP contribution in [0, 0.1) is 11.3 Å². The molecule has 14 nitrogen and oxygen atoms in total. The van der Waals surface area contributed by atoms with Crippen LogP contribution < -0.4 is 23.8 Å². The second-order valence-corrected chi connectivity index (χ2v) is 14.2. The minimum absolute atomic E-state index is 0.0327. The Morgan fingerprint density at radius 3 is 2.42 bits per heavy atom. The van der Waals surface area contributed by atoms with Crippen molar-refractivity contribution in [2.45, 2.75) is 36.2 Å². The fraction of sp³-hybridized carbons (Fsp3) is 0.429. The van der Waals surface area contributed by atoms with Crippen molar-refractivity contribution < 1.29 is 32.2 Å². The van der Waals surface area contributed by atoms with Gasteiger partial charge in [0.1, 0.15) is 16.4 Å². The summed E-state index contributed by atoms with van der Waals surface area (Å²) < 4.78 is 46.4. The number of carbonyl (C=O) groups excluding carboxylic acids is 2. The topological polar surface area (TPSA) is 158 Å². The molecule has 50 heavy (non-hydrogen) atoms.